The van der Waals surface area contributed by atoms with E-state index in [-0.39, 0.29) is 24.5 Å². The van der Waals surface area contributed by atoms with E-state index in [1.165, 1.54) is 26.2 Å². The zero-order chi connectivity index (χ0) is 21.8. The van der Waals surface area contributed by atoms with Crippen molar-refractivity contribution in [3.8, 4) is 11.5 Å². The summed E-state index contributed by atoms with van der Waals surface area (Å²) in [5, 5.41) is 11.0. The molecule has 30 heavy (non-hydrogen) atoms. The number of Topliss-reactive ketones (excluding diaryl/α,β-unsaturated/α-hetero) is 1. The van der Waals surface area contributed by atoms with Crippen molar-refractivity contribution in [1.29, 1.82) is 0 Å². The topological polar surface area (TPSA) is 85.3 Å². The largest absolute Gasteiger partial charge is 0.507 e. The molecule has 158 valence electrons. The Morgan fingerprint density at radius 3 is 2.33 bits per heavy atom. The van der Waals surface area contributed by atoms with Gasteiger partial charge in [-0.1, -0.05) is 29.8 Å². The number of hydrogen-bond acceptors (Lipinski definition) is 6. The Hall–Kier alpha value is -3.32. The van der Waals surface area contributed by atoms with Crippen LogP contribution in [0.25, 0.3) is 5.76 Å². The Kier molecular flexibility index (Phi) is 6.42. The van der Waals surface area contributed by atoms with Gasteiger partial charge in [-0.15, -0.1) is 0 Å². The number of carbonyl (C=O) groups excluding carboxylic acids is 2. The molecule has 1 amide bonds. The van der Waals surface area contributed by atoms with E-state index in [1.807, 2.05) is 19.1 Å². The maximum atomic E-state index is 13.0. The molecule has 3 rings (SSSR count). The Morgan fingerprint density at radius 2 is 1.73 bits per heavy atom. The summed E-state index contributed by atoms with van der Waals surface area (Å²) in [7, 11) is 4.55. The van der Waals surface area contributed by atoms with Gasteiger partial charge in [-0.25, -0.2) is 0 Å². The summed E-state index contributed by atoms with van der Waals surface area (Å²) in [4.78, 5) is 27.2. The molecule has 1 fully saturated rings. The number of rotatable bonds is 7. The summed E-state index contributed by atoms with van der Waals surface area (Å²) in [6.45, 7) is 2.34. The monoisotopic (exact) mass is 411 g/mol. The van der Waals surface area contributed by atoms with Crippen molar-refractivity contribution in [2.24, 2.45) is 0 Å². The van der Waals surface area contributed by atoms with E-state index in [2.05, 4.69) is 0 Å². The zero-order valence-corrected chi connectivity index (χ0v) is 17.5. The number of carbonyl (C=O) groups is 2. The number of benzene rings is 2. The van der Waals surface area contributed by atoms with Gasteiger partial charge in [-0.2, -0.15) is 0 Å². The summed E-state index contributed by atoms with van der Waals surface area (Å²) < 4.78 is 15.9. The third-order valence-corrected chi connectivity index (χ3v) is 5.13. The van der Waals surface area contributed by atoms with Crippen LogP contribution in [0.4, 0.5) is 0 Å². The summed E-state index contributed by atoms with van der Waals surface area (Å²) in [5.74, 6) is -0.670. The zero-order valence-electron chi connectivity index (χ0n) is 17.5. The van der Waals surface area contributed by atoms with Crippen LogP contribution in [0.2, 0.25) is 0 Å². The molecule has 1 N–H and O–H groups in total. The highest BCUT2D eigenvalue weighted by Crippen LogP contribution is 2.43. The van der Waals surface area contributed by atoms with Gasteiger partial charge in [0, 0.05) is 24.8 Å². The molecule has 0 unspecified atom stereocenters. The molecule has 7 heteroatoms. The molecule has 1 atom stereocenters. The molecule has 7 nitrogen and oxygen atoms in total. The summed E-state index contributed by atoms with van der Waals surface area (Å²) in [6, 6.07) is 11.4. The van der Waals surface area contributed by atoms with Crippen molar-refractivity contribution in [3.05, 3.63) is 64.7 Å². The number of amides is 1. The lowest BCUT2D eigenvalue weighted by Gasteiger charge is -2.26. The van der Waals surface area contributed by atoms with Crippen LogP contribution in [0.5, 0.6) is 11.5 Å². The highest BCUT2D eigenvalue weighted by molar-refractivity contribution is 6.46. The van der Waals surface area contributed by atoms with Gasteiger partial charge in [-0.3, -0.25) is 9.59 Å². The van der Waals surface area contributed by atoms with Gasteiger partial charge in [-0.05, 0) is 25.1 Å². The number of ketones is 1. The number of aliphatic hydroxyl groups is 1. The number of methoxy groups -OCH3 is 3. The van der Waals surface area contributed by atoms with Gasteiger partial charge in [0.2, 0.25) is 0 Å². The molecule has 0 aromatic heterocycles. The number of ether oxygens (including phenoxy) is 3. The maximum Gasteiger partial charge on any atom is 0.295 e. The van der Waals surface area contributed by atoms with Crippen LogP contribution in [-0.2, 0) is 14.3 Å². The predicted octanol–water partition coefficient (Wildman–Crippen LogP) is 3.08. The third-order valence-electron chi connectivity index (χ3n) is 5.13. The van der Waals surface area contributed by atoms with Crippen molar-refractivity contribution < 1.29 is 28.9 Å². The first-order valence-corrected chi connectivity index (χ1v) is 9.49. The second kappa shape index (κ2) is 9.00. The molecule has 1 aliphatic rings. The maximum absolute atomic E-state index is 13.0. The summed E-state index contributed by atoms with van der Waals surface area (Å²) in [5.41, 5.74) is 2.02. The van der Waals surface area contributed by atoms with Crippen LogP contribution in [0.3, 0.4) is 0 Å². The fourth-order valence-electron chi connectivity index (χ4n) is 3.54. The molecule has 0 aliphatic carbocycles. The Bertz CT molecular complexity index is 980. The average Bonchev–Trinajstić information content (AvgIpc) is 3.01. The van der Waals surface area contributed by atoms with Crippen molar-refractivity contribution in [2.75, 3.05) is 34.5 Å². The van der Waals surface area contributed by atoms with Gasteiger partial charge >= 0.3 is 0 Å². The number of likely N-dealkylation sites (tertiary alicyclic amines) is 1. The molecule has 0 radical (unpaired) electrons. The quantitative estimate of drug-likeness (QED) is 0.428. The molecule has 1 aliphatic heterocycles. The van der Waals surface area contributed by atoms with Crippen molar-refractivity contribution in [1.82, 2.24) is 4.90 Å². The number of hydrogen-bond donors (Lipinski definition) is 1. The van der Waals surface area contributed by atoms with E-state index >= 15 is 0 Å². The van der Waals surface area contributed by atoms with Crippen LogP contribution in [-0.4, -0.2) is 56.2 Å². The van der Waals surface area contributed by atoms with Crippen molar-refractivity contribution in [3.63, 3.8) is 0 Å². The first-order chi connectivity index (χ1) is 14.4. The number of aryl methyl sites for hydroxylation is 1. The second-order valence-corrected chi connectivity index (χ2v) is 6.96. The molecule has 0 bridgehead atoms. The third kappa shape index (κ3) is 3.89. The molecular weight excluding hydrogens is 386 g/mol. The standard InChI is InChI=1S/C23H25NO6/c1-14-5-7-15(8-6-14)21(25)19-20(24(11-12-28-2)23(27)22(19)26)17-13-16(29-3)9-10-18(17)30-4/h5-10,13,20,25H,11-12H2,1-4H3/t20-/m0/s1. The molecule has 1 heterocycles. The minimum Gasteiger partial charge on any atom is -0.507 e. The van der Waals surface area contributed by atoms with Crippen LogP contribution < -0.4 is 9.47 Å². The lowest BCUT2D eigenvalue weighted by Crippen LogP contribution is -2.32. The number of nitrogens with zero attached hydrogens (tertiary/aromatic N) is 1. The average molecular weight is 411 g/mol. The minimum absolute atomic E-state index is 0.00603. The predicted molar refractivity (Wildman–Crippen MR) is 112 cm³/mol. The van der Waals surface area contributed by atoms with Crippen molar-refractivity contribution >= 4 is 17.4 Å². The Morgan fingerprint density at radius 1 is 1.03 bits per heavy atom. The van der Waals surface area contributed by atoms with Gasteiger partial charge < -0.3 is 24.2 Å². The van der Waals surface area contributed by atoms with Gasteiger partial charge in [0.1, 0.15) is 17.3 Å². The normalized spacial score (nSPS) is 18.0. The van der Waals surface area contributed by atoms with E-state index in [1.54, 1.807) is 30.3 Å². The second-order valence-electron chi connectivity index (χ2n) is 6.96. The molecule has 1 saturated heterocycles. The highest BCUT2D eigenvalue weighted by atomic mass is 16.5. The Balaban J connectivity index is 2.24. The van der Waals surface area contributed by atoms with E-state index < -0.39 is 17.7 Å². The smallest absolute Gasteiger partial charge is 0.295 e. The highest BCUT2D eigenvalue weighted by Gasteiger charge is 2.47. The van der Waals surface area contributed by atoms with Crippen molar-refractivity contribution in [2.45, 2.75) is 13.0 Å². The summed E-state index contributed by atoms with van der Waals surface area (Å²) >= 11 is 0. The Labute approximate surface area is 175 Å². The molecule has 0 spiro atoms. The fourth-order valence-corrected chi connectivity index (χ4v) is 3.54. The minimum atomic E-state index is -0.841. The SMILES string of the molecule is COCCN1C(=O)C(=O)C(=C(O)c2ccc(C)cc2)[C@@H]1c1cc(OC)ccc1OC. The fraction of sp³-hybridized carbons (Fsp3) is 0.304. The van der Waals surface area contributed by atoms with Gasteiger partial charge in [0.25, 0.3) is 11.7 Å². The first kappa shape index (κ1) is 21.4. The summed E-state index contributed by atoms with van der Waals surface area (Å²) in [6.07, 6.45) is 0. The van der Waals surface area contributed by atoms with Crippen LogP contribution in [0.1, 0.15) is 22.7 Å². The number of aliphatic hydroxyl groups excluding tert-OH is 1. The molecule has 2 aromatic carbocycles. The van der Waals surface area contributed by atoms with Gasteiger partial charge in [0.15, 0.2) is 0 Å². The van der Waals surface area contributed by atoms with E-state index in [0.29, 0.717) is 22.6 Å². The lowest BCUT2D eigenvalue weighted by molar-refractivity contribution is -0.140. The van der Waals surface area contributed by atoms with E-state index in [9.17, 15) is 14.7 Å². The van der Waals surface area contributed by atoms with Crippen LogP contribution in [0, 0.1) is 6.92 Å². The first-order valence-electron chi connectivity index (χ1n) is 9.49. The van der Waals surface area contributed by atoms with Crippen LogP contribution in [0.15, 0.2) is 48.0 Å². The van der Waals surface area contributed by atoms with Crippen LogP contribution >= 0.6 is 0 Å². The lowest BCUT2D eigenvalue weighted by atomic mass is 9.94. The molecular formula is C23H25NO6. The molecule has 0 saturated carbocycles. The molecule has 2 aromatic rings. The van der Waals surface area contributed by atoms with Gasteiger partial charge in [0.05, 0.1) is 32.4 Å². The van der Waals surface area contributed by atoms with E-state index in [4.69, 9.17) is 14.2 Å². The van der Waals surface area contributed by atoms with E-state index in [0.717, 1.165) is 5.56 Å².